The highest BCUT2D eigenvalue weighted by molar-refractivity contribution is 7.84. The van der Waals surface area contributed by atoms with Crippen LogP contribution in [0.1, 0.15) is 53.1 Å². The summed E-state index contributed by atoms with van der Waals surface area (Å²) in [5.74, 6) is -1.10. The number of halogens is 1. The minimum Gasteiger partial charge on any atom is -0.458 e. The van der Waals surface area contributed by atoms with Crippen LogP contribution in [0.15, 0.2) is 24.3 Å². The van der Waals surface area contributed by atoms with Crippen molar-refractivity contribution in [1.82, 2.24) is 4.72 Å². The van der Waals surface area contributed by atoms with Gasteiger partial charge in [-0.15, -0.1) is 0 Å². The maximum atomic E-state index is 14.9. The molecule has 0 amide bonds. The van der Waals surface area contributed by atoms with Gasteiger partial charge in [-0.2, -0.15) is 0 Å². The first kappa shape index (κ1) is 22.2. The molecule has 26 heavy (non-hydrogen) atoms. The highest BCUT2D eigenvalue weighted by Gasteiger charge is 2.36. The number of hydrogen-bond acceptors (Lipinski definition) is 5. The minimum atomic E-state index is -2.14. The number of rotatable bonds is 6. The van der Waals surface area contributed by atoms with Gasteiger partial charge in [0.1, 0.15) is 5.60 Å². The molecular weight excluding hydrogens is 363 g/mol. The van der Waals surface area contributed by atoms with E-state index in [2.05, 4.69) is 4.72 Å². The second kappa shape index (κ2) is 8.22. The summed E-state index contributed by atoms with van der Waals surface area (Å²) in [7, 11) is -1.67. The fourth-order valence-electron chi connectivity index (χ4n) is 1.89. The molecule has 9 heteroatoms. The number of benzene rings is 1. The number of alkyl halides is 1. The molecule has 1 aromatic rings. The van der Waals surface area contributed by atoms with E-state index in [0.717, 1.165) is 0 Å². The van der Waals surface area contributed by atoms with Crippen LogP contribution in [-0.2, 0) is 20.5 Å². The van der Waals surface area contributed by atoms with E-state index in [9.17, 15) is 23.5 Å². The van der Waals surface area contributed by atoms with E-state index < -0.39 is 44.4 Å². The molecule has 3 unspecified atom stereocenters. The lowest BCUT2D eigenvalue weighted by Gasteiger charge is -2.28. The molecule has 146 valence electrons. The molecular formula is C17H25FN2O5S. The van der Waals surface area contributed by atoms with E-state index in [1.807, 2.05) is 0 Å². The van der Waals surface area contributed by atoms with Crippen LogP contribution in [0, 0.1) is 10.1 Å². The molecule has 7 nitrogen and oxygen atoms in total. The summed E-state index contributed by atoms with van der Waals surface area (Å²) in [4.78, 5) is 22.3. The van der Waals surface area contributed by atoms with Crippen molar-refractivity contribution in [1.29, 1.82) is 0 Å². The Labute approximate surface area is 155 Å². The lowest BCUT2D eigenvalue weighted by atomic mass is 10.0. The maximum absolute atomic E-state index is 14.9. The first-order chi connectivity index (χ1) is 11.7. The number of nitro groups is 1. The standard InChI is InChI=1S/C17H25FN2O5S/c1-16(2,3)25-15(21)13(18)14(19-26(24)17(4,5)6)11-7-9-12(10-8-11)20(22)23/h7-10,13-14,19H,1-6H3. The lowest BCUT2D eigenvalue weighted by Crippen LogP contribution is -2.43. The Hall–Kier alpha value is -1.87. The fourth-order valence-corrected chi connectivity index (χ4v) is 2.73. The Balaban J connectivity index is 3.18. The van der Waals surface area contributed by atoms with E-state index in [1.165, 1.54) is 24.3 Å². The second-order valence-electron chi connectivity index (χ2n) is 7.76. The Morgan fingerprint density at radius 1 is 1.19 bits per heavy atom. The van der Waals surface area contributed by atoms with Crippen LogP contribution in [0.5, 0.6) is 0 Å². The van der Waals surface area contributed by atoms with Gasteiger partial charge in [-0.05, 0) is 47.1 Å². The van der Waals surface area contributed by atoms with Gasteiger partial charge in [-0.1, -0.05) is 12.1 Å². The Morgan fingerprint density at radius 2 is 1.69 bits per heavy atom. The zero-order chi connectivity index (χ0) is 20.3. The Kier molecular flexibility index (Phi) is 7.01. The third-order valence-corrected chi connectivity index (χ3v) is 4.76. The number of nitrogens with one attached hydrogen (secondary N) is 1. The quantitative estimate of drug-likeness (QED) is 0.458. The molecule has 0 aromatic heterocycles. The van der Waals surface area contributed by atoms with Gasteiger partial charge in [0, 0.05) is 12.1 Å². The predicted molar refractivity (Wildman–Crippen MR) is 97.6 cm³/mol. The molecule has 0 aliphatic heterocycles. The smallest absolute Gasteiger partial charge is 0.343 e. The second-order valence-corrected chi connectivity index (χ2v) is 9.76. The van der Waals surface area contributed by atoms with E-state index in [-0.39, 0.29) is 11.3 Å². The van der Waals surface area contributed by atoms with Crippen LogP contribution >= 0.6 is 0 Å². The summed E-state index contributed by atoms with van der Waals surface area (Å²) >= 11 is 0. The number of nitrogens with zero attached hydrogens (tertiary/aromatic N) is 1. The Bertz CT molecular complexity index is 680. The molecule has 0 saturated carbocycles. The zero-order valence-electron chi connectivity index (χ0n) is 15.7. The average Bonchev–Trinajstić information content (AvgIpc) is 2.49. The third-order valence-electron chi connectivity index (χ3n) is 3.18. The van der Waals surface area contributed by atoms with Gasteiger partial charge in [-0.3, -0.25) is 10.1 Å². The van der Waals surface area contributed by atoms with Crippen molar-refractivity contribution in [2.45, 2.75) is 64.1 Å². The van der Waals surface area contributed by atoms with Gasteiger partial charge in [0.2, 0.25) is 6.17 Å². The molecule has 0 aliphatic carbocycles. The molecule has 0 fully saturated rings. The average molecular weight is 388 g/mol. The molecule has 1 aromatic carbocycles. The van der Waals surface area contributed by atoms with Crippen molar-refractivity contribution in [3.05, 3.63) is 39.9 Å². The van der Waals surface area contributed by atoms with E-state index >= 15 is 0 Å². The number of ether oxygens (including phenoxy) is 1. The van der Waals surface area contributed by atoms with Crippen molar-refractivity contribution < 1.29 is 23.1 Å². The molecule has 1 N–H and O–H groups in total. The van der Waals surface area contributed by atoms with E-state index in [1.54, 1.807) is 41.5 Å². The summed E-state index contributed by atoms with van der Waals surface area (Å²) < 4.78 is 34.3. The van der Waals surface area contributed by atoms with E-state index in [0.29, 0.717) is 0 Å². The maximum Gasteiger partial charge on any atom is 0.343 e. The monoisotopic (exact) mass is 388 g/mol. The summed E-state index contributed by atoms with van der Waals surface area (Å²) in [5.41, 5.74) is -0.798. The van der Waals surface area contributed by atoms with Crippen LogP contribution in [0.25, 0.3) is 0 Å². The van der Waals surface area contributed by atoms with Crippen LogP contribution in [-0.4, -0.2) is 31.6 Å². The SMILES string of the molecule is CC(C)(C)OC(=O)C(F)C(NS(=O)C(C)(C)C)c1ccc([N+](=O)[O-])cc1. The van der Waals surface area contributed by atoms with Gasteiger partial charge in [0.25, 0.3) is 5.69 Å². The van der Waals surface area contributed by atoms with Crippen molar-refractivity contribution in [3.63, 3.8) is 0 Å². The molecule has 0 saturated heterocycles. The first-order valence-corrected chi connectivity index (χ1v) is 9.16. The van der Waals surface area contributed by atoms with Gasteiger partial charge in [-0.25, -0.2) is 18.1 Å². The number of non-ortho nitro benzene ring substituents is 1. The van der Waals surface area contributed by atoms with Gasteiger partial charge >= 0.3 is 5.97 Å². The summed E-state index contributed by atoms with van der Waals surface area (Å²) in [6, 6.07) is 3.78. The number of nitro benzene ring substituents is 1. The van der Waals surface area contributed by atoms with Crippen molar-refractivity contribution in [2.24, 2.45) is 0 Å². The zero-order valence-corrected chi connectivity index (χ0v) is 16.6. The largest absolute Gasteiger partial charge is 0.458 e. The van der Waals surface area contributed by atoms with Crippen LogP contribution in [0.2, 0.25) is 0 Å². The number of carbonyl (C=O) groups is 1. The van der Waals surface area contributed by atoms with Crippen LogP contribution in [0.3, 0.4) is 0 Å². The van der Waals surface area contributed by atoms with Crippen molar-refractivity contribution >= 4 is 22.6 Å². The number of carbonyl (C=O) groups excluding carboxylic acids is 1. The summed E-state index contributed by atoms with van der Waals surface area (Å²) in [5, 5.41) is 10.8. The molecule has 3 atom stereocenters. The molecule has 0 heterocycles. The van der Waals surface area contributed by atoms with E-state index in [4.69, 9.17) is 4.74 Å². The molecule has 0 bridgehead atoms. The number of hydrogen-bond donors (Lipinski definition) is 1. The van der Waals surface area contributed by atoms with Gasteiger partial charge in [0.05, 0.1) is 26.7 Å². The predicted octanol–water partition coefficient (Wildman–Crippen LogP) is 3.37. The van der Waals surface area contributed by atoms with Crippen LogP contribution in [0.4, 0.5) is 10.1 Å². The molecule has 1 rings (SSSR count). The van der Waals surface area contributed by atoms with Crippen molar-refractivity contribution in [3.8, 4) is 0 Å². The Morgan fingerprint density at radius 3 is 2.08 bits per heavy atom. The summed E-state index contributed by atoms with van der Waals surface area (Å²) in [6.07, 6.45) is -2.14. The van der Waals surface area contributed by atoms with Gasteiger partial charge in [0.15, 0.2) is 0 Å². The molecule has 0 spiro atoms. The lowest BCUT2D eigenvalue weighted by molar-refractivity contribution is -0.384. The highest BCUT2D eigenvalue weighted by atomic mass is 32.2. The number of esters is 1. The highest BCUT2D eigenvalue weighted by Crippen LogP contribution is 2.26. The molecule has 0 radical (unpaired) electrons. The normalized spacial score (nSPS) is 15.8. The van der Waals surface area contributed by atoms with Gasteiger partial charge < -0.3 is 4.74 Å². The topological polar surface area (TPSA) is 98.5 Å². The van der Waals surface area contributed by atoms with Crippen molar-refractivity contribution in [2.75, 3.05) is 0 Å². The fraction of sp³-hybridized carbons (Fsp3) is 0.588. The minimum absolute atomic E-state index is 0.169. The van der Waals surface area contributed by atoms with Crippen LogP contribution < -0.4 is 4.72 Å². The first-order valence-electron chi connectivity index (χ1n) is 8.01. The summed E-state index contributed by atoms with van der Waals surface area (Å²) in [6.45, 7) is 9.93. The third kappa shape index (κ3) is 6.45. The molecule has 0 aliphatic rings.